The molecule has 0 spiro atoms. The average molecular weight is 333 g/mol. The van der Waals surface area contributed by atoms with Crippen LogP contribution in [0.15, 0.2) is 60.7 Å². The molecule has 0 aliphatic heterocycles. The van der Waals surface area contributed by atoms with Crippen molar-refractivity contribution in [3.8, 4) is 17.2 Å². The third-order valence-corrected chi connectivity index (χ3v) is 5.19. The van der Waals surface area contributed by atoms with Gasteiger partial charge in [0.1, 0.15) is 0 Å². The molecule has 0 radical (unpaired) electrons. The van der Waals surface area contributed by atoms with Crippen LogP contribution < -0.4 is 0 Å². The molecule has 2 aromatic carbocycles. The van der Waals surface area contributed by atoms with Crippen LogP contribution in [0.5, 0.6) is 0 Å². The van der Waals surface area contributed by atoms with Gasteiger partial charge in [-0.2, -0.15) is 5.26 Å². The summed E-state index contributed by atoms with van der Waals surface area (Å²) in [6.07, 6.45) is 9.58. The number of nitrogens with zero attached hydrogens (tertiary/aromatic N) is 1. The van der Waals surface area contributed by atoms with Crippen molar-refractivity contribution < 1.29 is 4.39 Å². The van der Waals surface area contributed by atoms with E-state index in [1.54, 1.807) is 0 Å². The molecule has 0 bridgehead atoms. The van der Waals surface area contributed by atoms with Crippen LogP contribution in [0.25, 0.3) is 11.1 Å². The summed E-state index contributed by atoms with van der Waals surface area (Å²) in [6, 6.07) is 18.7. The molecule has 25 heavy (non-hydrogen) atoms. The minimum absolute atomic E-state index is 0.253. The molecule has 1 nitrogen and oxygen atoms in total. The van der Waals surface area contributed by atoms with Gasteiger partial charge in [0, 0.05) is 0 Å². The Morgan fingerprint density at radius 2 is 1.52 bits per heavy atom. The van der Waals surface area contributed by atoms with E-state index in [2.05, 4.69) is 36.4 Å². The highest BCUT2D eigenvalue weighted by Crippen LogP contribution is 2.37. The minimum atomic E-state index is -0.253. The van der Waals surface area contributed by atoms with Gasteiger partial charge in [0.05, 0.1) is 18.3 Å². The van der Waals surface area contributed by atoms with E-state index < -0.39 is 0 Å². The van der Waals surface area contributed by atoms with Gasteiger partial charge in [-0.3, -0.25) is 4.39 Å². The first kappa shape index (κ1) is 17.4. The van der Waals surface area contributed by atoms with Crippen molar-refractivity contribution in [1.82, 2.24) is 0 Å². The van der Waals surface area contributed by atoms with E-state index in [0.29, 0.717) is 23.8 Å². The Hall–Kier alpha value is -2.40. The SMILES string of the molecule is N#Cc1ccc(-c2ccc(C3CCC(C=CCCF)CC3)cc2)cc1. The molecule has 0 heterocycles. The normalized spacial score (nSPS) is 20.5. The van der Waals surface area contributed by atoms with Crippen LogP contribution in [-0.4, -0.2) is 6.67 Å². The van der Waals surface area contributed by atoms with Gasteiger partial charge in [-0.1, -0.05) is 48.6 Å². The number of benzene rings is 2. The van der Waals surface area contributed by atoms with Gasteiger partial charge in [0.25, 0.3) is 0 Å². The number of halogens is 1. The van der Waals surface area contributed by atoms with E-state index in [1.807, 2.05) is 30.3 Å². The van der Waals surface area contributed by atoms with E-state index in [0.717, 1.165) is 5.56 Å². The van der Waals surface area contributed by atoms with Crippen molar-refractivity contribution in [3.05, 3.63) is 71.8 Å². The summed E-state index contributed by atoms with van der Waals surface area (Å²) in [6.45, 7) is -0.253. The summed E-state index contributed by atoms with van der Waals surface area (Å²) in [5, 5.41) is 8.89. The molecule has 128 valence electrons. The molecule has 1 saturated carbocycles. The molecule has 2 aromatic rings. The fraction of sp³-hybridized carbons (Fsp3) is 0.348. The average Bonchev–Trinajstić information content (AvgIpc) is 2.69. The zero-order chi connectivity index (χ0) is 17.5. The Bertz CT molecular complexity index is 729. The van der Waals surface area contributed by atoms with Gasteiger partial charge in [-0.15, -0.1) is 0 Å². The van der Waals surface area contributed by atoms with E-state index in [1.165, 1.54) is 36.8 Å². The van der Waals surface area contributed by atoms with E-state index in [4.69, 9.17) is 5.26 Å². The van der Waals surface area contributed by atoms with Gasteiger partial charge in [-0.25, -0.2) is 0 Å². The lowest BCUT2D eigenvalue weighted by atomic mass is 9.78. The summed E-state index contributed by atoms with van der Waals surface area (Å²) in [7, 11) is 0. The van der Waals surface area contributed by atoms with Gasteiger partial charge in [0.2, 0.25) is 0 Å². The number of hydrogen-bond donors (Lipinski definition) is 0. The maximum atomic E-state index is 12.2. The number of rotatable bonds is 5. The second-order valence-corrected chi connectivity index (χ2v) is 6.83. The zero-order valence-corrected chi connectivity index (χ0v) is 14.5. The molecule has 1 aliphatic rings. The largest absolute Gasteiger partial charge is 0.251 e. The first-order chi connectivity index (χ1) is 12.3. The summed E-state index contributed by atoms with van der Waals surface area (Å²) in [4.78, 5) is 0. The van der Waals surface area contributed by atoms with E-state index >= 15 is 0 Å². The van der Waals surface area contributed by atoms with Crippen LogP contribution in [0, 0.1) is 17.2 Å². The molecule has 0 aromatic heterocycles. The lowest BCUT2D eigenvalue weighted by Gasteiger charge is -2.27. The van der Waals surface area contributed by atoms with Crippen molar-refractivity contribution in [1.29, 1.82) is 5.26 Å². The zero-order valence-electron chi connectivity index (χ0n) is 14.5. The van der Waals surface area contributed by atoms with Crippen LogP contribution in [0.3, 0.4) is 0 Å². The molecular formula is C23H24FN. The number of hydrogen-bond acceptors (Lipinski definition) is 1. The Kier molecular flexibility index (Phi) is 6.01. The van der Waals surface area contributed by atoms with Gasteiger partial charge in [-0.05, 0) is 72.8 Å². The Balaban J connectivity index is 1.60. The smallest absolute Gasteiger partial charge is 0.0991 e. The lowest BCUT2D eigenvalue weighted by molar-refractivity contribution is 0.375. The Morgan fingerprint density at radius 1 is 0.920 bits per heavy atom. The first-order valence-corrected chi connectivity index (χ1v) is 9.13. The van der Waals surface area contributed by atoms with E-state index in [-0.39, 0.29) is 6.67 Å². The Labute approximate surface area is 149 Å². The lowest BCUT2D eigenvalue weighted by Crippen LogP contribution is -2.11. The predicted molar refractivity (Wildman–Crippen MR) is 101 cm³/mol. The van der Waals surface area contributed by atoms with E-state index in [9.17, 15) is 4.39 Å². The van der Waals surface area contributed by atoms with Crippen LogP contribution in [0.4, 0.5) is 4.39 Å². The molecule has 3 rings (SSSR count). The fourth-order valence-electron chi connectivity index (χ4n) is 3.68. The van der Waals surface area contributed by atoms with Crippen molar-refractivity contribution >= 4 is 0 Å². The number of allylic oxidation sites excluding steroid dienone is 2. The summed E-state index contributed by atoms with van der Waals surface area (Å²) in [5.41, 5.74) is 4.45. The fourth-order valence-corrected chi connectivity index (χ4v) is 3.68. The molecule has 0 amide bonds. The number of nitriles is 1. The van der Waals surface area contributed by atoms with Crippen molar-refractivity contribution in [2.24, 2.45) is 5.92 Å². The van der Waals surface area contributed by atoms with Gasteiger partial charge >= 0.3 is 0 Å². The molecule has 1 fully saturated rings. The molecule has 0 atom stereocenters. The standard InChI is InChI=1S/C23H24FN/c24-16-2-1-3-18-4-8-20(9-5-18)22-12-14-23(15-13-22)21-10-6-19(17-25)7-11-21/h1,3,6-7,10-15,18,20H,2,4-5,8-9,16H2. The molecule has 0 N–H and O–H groups in total. The highest BCUT2D eigenvalue weighted by molar-refractivity contribution is 5.64. The quantitative estimate of drug-likeness (QED) is 0.580. The maximum Gasteiger partial charge on any atom is 0.0991 e. The minimum Gasteiger partial charge on any atom is -0.251 e. The summed E-state index contributed by atoms with van der Waals surface area (Å²) < 4.78 is 12.2. The van der Waals surface area contributed by atoms with Crippen molar-refractivity contribution in [3.63, 3.8) is 0 Å². The second kappa shape index (κ2) is 8.62. The predicted octanol–water partition coefficient (Wildman–Crippen LogP) is 6.41. The molecule has 0 saturated heterocycles. The van der Waals surface area contributed by atoms with Crippen LogP contribution in [0.2, 0.25) is 0 Å². The maximum absolute atomic E-state index is 12.2. The van der Waals surface area contributed by atoms with Gasteiger partial charge < -0.3 is 0 Å². The van der Waals surface area contributed by atoms with Crippen molar-refractivity contribution in [2.75, 3.05) is 6.67 Å². The molecule has 1 aliphatic carbocycles. The molecule has 2 heteroatoms. The highest BCUT2D eigenvalue weighted by atomic mass is 19.1. The van der Waals surface area contributed by atoms with Crippen LogP contribution >= 0.6 is 0 Å². The monoisotopic (exact) mass is 333 g/mol. The van der Waals surface area contributed by atoms with Crippen LogP contribution in [0.1, 0.15) is 49.1 Å². The highest BCUT2D eigenvalue weighted by Gasteiger charge is 2.20. The Morgan fingerprint density at radius 3 is 2.08 bits per heavy atom. The molecule has 0 unspecified atom stereocenters. The van der Waals surface area contributed by atoms with Gasteiger partial charge in [0.15, 0.2) is 0 Å². The topological polar surface area (TPSA) is 23.8 Å². The third-order valence-electron chi connectivity index (χ3n) is 5.19. The summed E-state index contributed by atoms with van der Waals surface area (Å²) in [5.74, 6) is 1.27. The first-order valence-electron chi connectivity index (χ1n) is 9.13. The van der Waals surface area contributed by atoms with Crippen LogP contribution in [-0.2, 0) is 0 Å². The molecular weight excluding hydrogens is 309 g/mol. The summed E-state index contributed by atoms with van der Waals surface area (Å²) >= 11 is 0. The van der Waals surface area contributed by atoms with Crippen molar-refractivity contribution in [2.45, 2.75) is 38.0 Å². The second-order valence-electron chi connectivity index (χ2n) is 6.83. The number of alkyl halides is 1. The third kappa shape index (κ3) is 4.57.